The lowest BCUT2D eigenvalue weighted by molar-refractivity contribution is -0.139. The Balaban J connectivity index is 2.05. The summed E-state index contributed by atoms with van der Waals surface area (Å²) in [4.78, 5) is 28.4. The second kappa shape index (κ2) is 13.5. The molecule has 1 atom stereocenters. The molecule has 0 bridgehead atoms. The summed E-state index contributed by atoms with van der Waals surface area (Å²) in [5, 5.41) is 3.14. The third-order valence-electron chi connectivity index (χ3n) is 6.07. The predicted molar refractivity (Wildman–Crippen MR) is 153 cm³/mol. The van der Waals surface area contributed by atoms with Crippen molar-refractivity contribution in [3.8, 4) is 5.75 Å². The fourth-order valence-electron chi connectivity index (χ4n) is 3.91. The van der Waals surface area contributed by atoms with E-state index in [1.807, 2.05) is 44.2 Å². The highest BCUT2D eigenvalue weighted by Crippen LogP contribution is 2.35. The largest absolute Gasteiger partial charge is 0.495 e. The third-order valence-corrected chi connectivity index (χ3v) is 8.08. The number of amides is 2. The highest BCUT2D eigenvalue weighted by Gasteiger charge is 2.34. The number of anilines is 1. The van der Waals surface area contributed by atoms with Crippen molar-refractivity contribution in [1.82, 2.24) is 10.2 Å². The zero-order chi connectivity index (χ0) is 28.6. The number of sulfonamides is 1. The summed E-state index contributed by atoms with van der Waals surface area (Å²) in [6.45, 7) is 5.56. The fraction of sp³-hybridized carbons (Fsp3) is 0.310. The van der Waals surface area contributed by atoms with Crippen molar-refractivity contribution in [2.24, 2.45) is 5.92 Å². The molecular weight excluding hydrogens is 538 g/mol. The number of carbonyl (C=O) groups is 2. The quantitative estimate of drug-likeness (QED) is 0.339. The van der Waals surface area contributed by atoms with Crippen molar-refractivity contribution in [3.05, 3.63) is 89.4 Å². The molecule has 3 aromatic carbocycles. The number of halogens is 1. The molecule has 0 aromatic heterocycles. The van der Waals surface area contributed by atoms with Gasteiger partial charge in [0.15, 0.2) is 0 Å². The highest BCUT2D eigenvalue weighted by molar-refractivity contribution is 7.92. The summed E-state index contributed by atoms with van der Waals surface area (Å²) < 4.78 is 34.2. The topological polar surface area (TPSA) is 96.0 Å². The van der Waals surface area contributed by atoms with Gasteiger partial charge in [0.1, 0.15) is 18.3 Å². The van der Waals surface area contributed by atoms with Crippen molar-refractivity contribution in [2.75, 3.05) is 24.5 Å². The van der Waals surface area contributed by atoms with Crippen LogP contribution in [0.1, 0.15) is 26.3 Å². The van der Waals surface area contributed by atoms with Gasteiger partial charge in [0.25, 0.3) is 10.0 Å². The van der Waals surface area contributed by atoms with Crippen LogP contribution in [0.2, 0.25) is 5.02 Å². The predicted octanol–water partition coefficient (Wildman–Crippen LogP) is 4.73. The molecule has 8 nitrogen and oxygen atoms in total. The molecule has 0 saturated heterocycles. The van der Waals surface area contributed by atoms with Crippen LogP contribution >= 0.6 is 11.6 Å². The first-order valence-corrected chi connectivity index (χ1v) is 14.4. The number of carbonyl (C=O) groups excluding carboxylic acids is 2. The summed E-state index contributed by atoms with van der Waals surface area (Å²) in [7, 11) is -2.82. The van der Waals surface area contributed by atoms with E-state index in [2.05, 4.69) is 5.32 Å². The second-order valence-electron chi connectivity index (χ2n) is 9.46. The molecule has 0 spiro atoms. The number of hydrogen-bond acceptors (Lipinski definition) is 5. The van der Waals surface area contributed by atoms with E-state index in [-0.39, 0.29) is 39.7 Å². The number of nitrogens with one attached hydrogen (secondary N) is 1. The van der Waals surface area contributed by atoms with E-state index < -0.39 is 28.5 Å². The third kappa shape index (κ3) is 7.74. The Labute approximate surface area is 235 Å². The summed E-state index contributed by atoms with van der Waals surface area (Å²) in [6, 6.07) is 20.7. The van der Waals surface area contributed by atoms with Crippen LogP contribution in [0.4, 0.5) is 5.69 Å². The van der Waals surface area contributed by atoms with Gasteiger partial charge < -0.3 is 15.0 Å². The zero-order valence-electron chi connectivity index (χ0n) is 22.5. The summed E-state index contributed by atoms with van der Waals surface area (Å²) in [5.41, 5.74) is 0.908. The Morgan fingerprint density at radius 3 is 2.15 bits per heavy atom. The minimum Gasteiger partial charge on any atom is -0.495 e. The first-order chi connectivity index (χ1) is 18.5. The number of hydrogen-bond donors (Lipinski definition) is 1. The van der Waals surface area contributed by atoms with E-state index in [1.54, 1.807) is 37.3 Å². The Morgan fingerprint density at radius 1 is 0.949 bits per heavy atom. The molecule has 0 heterocycles. The maximum Gasteiger partial charge on any atom is 0.264 e. The SMILES string of the molecule is COc1ccc(Cl)cc1N(CC(=O)N(Cc1ccccc1)[C@H](C)C(=O)NCC(C)C)S(=O)(=O)c1ccccc1. The van der Waals surface area contributed by atoms with Crippen LogP contribution in [-0.4, -0.2) is 51.4 Å². The van der Waals surface area contributed by atoms with Gasteiger partial charge in [0, 0.05) is 18.1 Å². The first kappa shape index (κ1) is 30.0. The van der Waals surface area contributed by atoms with Crippen molar-refractivity contribution < 1.29 is 22.7 Å². The van der Waals surface area contributed by atoms with Crippen LogP contribution in [0.25, 0.3) is 0 Å². The Morgan fingerprint density at radius 2 is 1.56 bits per heavy atom. The molecule has 208 valence electrons. The highest BCUT2D eigenvalue weighted by atomic mass is 35.5. The monoisotopic (exact) mass is 571 g/mol. The van der Waals surface area contributed by atoms with Crippen molar-refractivity contribution in [1.29, 1.82) is 0 Å². The van der Waals surface area contributed by atoms with Crippen LogP contribution in [0.3, 0.4) is 0 Å². The van der Waals surface area contributed by atoms with Gasteiger partial charge >= 0.3 is 0 Å². The summed E-state index contributed by atoms with van der Waals surface area (Å²) in [5.74, 6) is -0.441. The molecule has 2 amide bonds. The number of methoxy groups -OCH3 is 1. The van der Waals surface area contributed by atoms with Gasteiger partial charge in [-0.2, -0.15) is 0 Å². The number of nitrogens with zero attached hydrogens (tertiary/aromatic N) is 2. The van der Waals surface area contributed by atoms with Gasteiger partial charge in [-0.1, -0.05) is 74.0 Å². The standard InChI is InChI=1S/C29H34ClN3O5S/c1-21(2)18-31-29(35)22(3)32(19-23-11-7-5-8-12-23)28(34)20-33(26-17-24(30)15-16-27(26)38-4)39(36,37)25-13-9-6-10-14-25/h5-17,21-22H,18-20H2,1-4H3,(H,31,35)/t22-/m1/s1. The first-order valence-electron chi connectivity index (χ1n) is 12.6. The Kier molecular flexibility index (Phi) is 10.4. The molecule has 0 unspecified atom stereocenters. The molecule has 39 heavy (non-hydrogen) atoms. The fourth-order valence-corrected chi connectivity index (χ4v) is 5.51. The molecule has 0 saturated carbocycles. The molecule has 0 aliphatic heterocycles. The molecule has 0 radical (unpaired) electrons. The maximum atomic E-state index is 13.9. The van der Waals surface area contributed by atoms with Gasteiger partial charge in [-0.25, -0.2) is 8.42 Å². The lowest BCUT2D eigenvalue weighted by atomic mass is 10.1. The minimum absolute atomic E-state index is 0.00263. The van der Waals surface area contributed by atoms with Crippen LogP contribution < -0.4 is 14.4 Å². The molecule has 1 N–H and O–H groups in total. The number of rotatable bonds is 12. The Bertz CT molecular complexity index is 1370. The molecular formula is C29H34ClN3O5S. The molecule has 0 aliphatic rings. The van der Waals surface area contributed by atoms with Gasteiger partial charge in [0.05, 0.1) is 17.7 Å². The molecule has 10 heteroatoms. The van der Waals surface area contributed by atoms with Crippen LogP contribution in [0.5, 0.6) is 5.75 Å². The molecule has 0 fully saturated rings. The van der Waals surface area contributed by atoms with Crippen LogP contribution in [-0.2, 0) is 26.2 Å². The van der Waals surface area contributed by atoms with E-state index in [4.69, 9.17) is 16.3 Å². The molecule has 3 aromatic rings. The number of ether oxygens (including phenoxy) is 1. The second-order valence-corrected chi connectivity index (χ2v) is 11.8. The van der Waals surface area contributed by atoms with E-state index in [1.165, 1.54) is 30.2 Å². The van der Waals surface area contributed by atoms with Crippen LogP contribution in [0, 0.1) is 5.92 Å². The van der Waals surface area contributed by atoms with E-state index in [0.29, 0.717) is 6.54 Å². The number of benzene rings is 3. The van der Waals surface area contributed by atoms with E-state index in [9.17, 15) is 18.0 Å². The van der Waals surface area contributed by atoms with Crippen molar-refractivity contribution >= 4 is 39.1 Å². The summed E-state index contributed by atoms with van der Waals surface area (Å²) in [6.07, 6.45) is 0. The lowest BCUT2D eigenvalue weighted by Crippen LogP contribution is -2.51. The van der Waals surface area contributed by atoms with Crippen molar-refractivity contribution in [2.45, 2.75) is 38.3 Å². The molecule has 3 rings (SSSR count). The van der Waals surface area contributed by atoms with Crippen molar-refractivity contribution in [3.63, 3.8) is 0 Å². The normalized spacial score (nSPS) is 12.1. The van der Waals surface area contributed by atoms with Gasteiger partial charge in [-0.15, -0.1) is 0 Å². The molecule has 0 aliphatic carbocycles. The van der Waals surface area contributed by atoms with Crippen LogP contribution in [0.15, 0.2) is 83.8 Å². The maximum absolute atomic E-state index is 13.9. The zero-order valence-corrected chi connectivity index (χ0v) is 24.1. The lowest BCUT2D eigenvalue weighted by Gasteiger charge is -2.32. The summed E-state index contributed by atoms with van der Waals surface area (Å²) >= 11 is 6.25. The van der Waals surface area contributed by atoms with E-state index in [0.717, 1.165) is 9.87 Å². The van der Waals surface area contributed by atoms with Gasteiger partial charge in [-0.05, 0) is 48.7 Å². The average Bonchev–Trinajstić information content (AvgIpc) is 2.93. The minimum atomic E-state index is -4.23. The average molecular weight is 572 g/mol. The van der Waals surface area contributed by atoms with E-state index >= 15 is 0 Å². The smallest absolute Gasteiger partial charge is 0.264 e. The Hall–Kier alpha value is -3.56. The van der Waals surface area contributed by atoms with Gasteiger partial charge in [-0.3, -0.25) is 13.9 Å². The van der Waals surface area contributed by atoms with Gasteiger partial charge in [0.2, 0.25) is 11.8 Å².